The second-order valence-electron chi connectivity index (χ2n) is 5.57. The van der Waals surface area contributed by atoms with Crippen molar-refractivity contribution in [3.63, 3.8) is 0 Å². The number of hydrogen-bond acceptors (Lipinski definition) is 2. The van der Waals surface area contributed by atoms with Crippen molar-refractivity contribution in [3.05, 3.63) is 29.3 Å². The predicted octanol–water partition coefficient (Wildman–Crippen LogP) is 1.99. The summed E-state index contributed by atoms with van der Waals surface area (Å²) >= 11 is 0. The van der Waals surface area contributed by atoms with Crippen molar-refractivity contribution in [1.82, 2.24) is 5.32 Å². The zero-order chi connectivity index (χ0) is 12.0. The smallest absolute Gasteiger partial charge is 0.234 e. The van der Waals surface area contributed by atoms with Gasteiger partial charge in [0.05, 0.1) is 5.41 Å². The minimum atomic E-state index is -0.391. The molecule has 3 heteroatoms. The fourth-order valence-corrected chi connectivity index (χ4v) is 2.78. The normalized spacial score (nSPS) is 25.8. The minimum Gasteiger partial charge on any atom is -0.325 e. The highest BCUT2D eigenvalue weighted by molar-refractivity contribution is 6.05. The van der Waals surface area contributed by atoms with Crippen LogP contribution in [0.1, 0.15) is 37.3 Å². The van der Waals surface area contributed by atoms with Gasteiger partial charge in [0.2, 0.25) is 5.91 Å². The Balaban J connectivity index is 2.02. The third-order valence-electron chi connectivity index (χ3n) is 4.06. The number of hydrogen-bond donors (Lipinski definition) is 2. The first-order chi connectivity index (χ1) is 8.09. The average Bonchev–Trinajstić information content (AvgIpc) is 2.88. The maximum Gasteiger partial charge on any atom is 0.234 e. The highest BCUT2D eigenvalue weighted by atomic mass is 16.2. The molecule has 2 aliphatic heterocycles. The lowest BCUT2D eigenvalue weighted by molar-refractivity contribution is -0.119. The lowest BCUT2D eigenvalue weighted by Gasteiger charge is -2.17. The summed E-state index contributed by atoms with van der Waals surface area (Å²) in [5.74, 6) is 0.709. The van der Waals surface area contributed by atoms with E-state index in [4.69, 9.17) is 0 Å². The van der Waals surface area contributed by atoms with Crippen LogP contribution >= 0.6 is 0 Å². The molecule has 1 aromatic rings. The van der Waals surface area contributed by atoms with Crippen LogP contribution in [-0.4, -0.2) is 19.0 Å². The lowest BCUT2D eigenvalue weighted by Crippen LogP contribution is -2.26. The van der Waals surface area contributed by atoms with E-state index in [-0.39, 0.29) is 5.91 Å². The molecule has 0 radical (unpaired) electrons. The van der Waals surface area contributed by atoms with Gasteiger partial charge in [-0.3, -0.25) is 4.79 Å². The van der Waals surface area contributed by atoms with Gasteiger partial charge in [0, 0.05) is 12.2 Å². The molecule has 2 N–H and O–H groups in total. The van der Waals surface area contributed by atoms with E-state index < -0.39 is 5.41 Å². The van der Waals surface area contributed by atoms with Crippen LogP contribution in [0.15, 0.2) is 18.2 Å². The Morgan fingerprint density at radius 2 is 2.18 bits per heavy atom. The minimum absolute atomic E-state index is 0.106. The van der Waals surface area contributed by atoms with Gasteiger partial charge < -0.3 is 10.6 Å². The monoisotopic (exact) mass is 230 g/mol. The standard InChI is InChI=1S/C14H18N2O/c1-14(2)11-7-9(10-5-6-15-8-10)3-4-12(11)16-13(14)17/h3-4,7,10,15H,5-6,8H2,1-2H3,(H,16,17). The van der Waals surface area contributed by atoms with Crippen LogP contribution in [-0.2, 0) is 10.2 Å². The highest BCUT2D eigenvalue weighted by Crippen LogP contribution is 2.39. The molecule has 1 saturated heterocycles. The Kier molecular flexibility index (Phi) is 2.26. The summed E-state index contributed by atoms with van der Waals surface area (Å²) in [5.41, 5.74) is 3.09. The summed E-state index contributed by atoms with van der Waals surface area (Å²) in [7, 11) is 0. The Labute approximate surface area is 102 Å². The van der Waals surface area contributed by atoms with E-state index in [1.54, 1.807) is 0 Å². The van der Waals surface area contributed by atoms with Gasteiger partial charge in [-0.2, -0.15) is 0 Å². The van der Waals surface area contributed by atoms with Gasteiger partial charge in [0.1, 0.15) is 0 Å². The molecule has 0 bridgehead atoms. The first kappa shape index (κ1) is 10.8. The van der Waals surface area contributed by atoms with Gasteiger partial charge in [-0.25, -0.2) is 0 Å². The molecule has 1 atom stereocenters. The number of rotatable bonds is 1. The van der Waals surface area contributed by atoms with Crippen molar-refractivity contribution in [2.45, 2.75) is 31.6 Å². The maximum atomic E-state index is 11.9. The highest BCUT2D eigenvalue weighted by Gasteiger charge is 2.38. The molecule has 1 unspecified atom stereocenters. The molecule has 1 amide bonds. The van der Waals surface area contributed by atoms with E-state index in [2.05, 4.69) is 28.8 Å². The van der Waals surface area contributed by atoms with Gasteiger partial charge in [0.15, 0.2) is 0 Å². The summed E-state index contributed by atoms with van der Waals surface area (Å²) in [6, 6.07) is 6.42. The second-order valence-corrected chi connectivity index (χ2v) is 5.57. The summed E-state index contributed by atoms with van der Waals surface area (Å²) in [5, 5.41) is 6.34. The molecule has 0 aromatic heterocycles. The van der Waals surface area contributed by atoms with Gasteiger partial charge in [-0.05, 0) is 49.9 Å². The van der Waals surface area contributed by atoms with Gasteiger partial charge in [-0.15, -0.1) is 0 Å². The number of carbonyl (C=O) groups excluding carboxylic acids is 1. The number of nitrogens with one attached hydrogen (secondary N) is 2. The van der Waals surface area contributed by atoms with Crippen LogP contribution in [0.5, 0.6) is 0 Å². The third-order valence-corrected chi connectivity index (χ3v) is 4.06. The van der Waals surface area contributed by atoms with Crippen molar-refractivity contribution < 1.29 is 4.79 Å². The van der Waals surface area contributed by atoms with Crippen LogP contribution in [0.3, 0.4) is 0 Å². The Morgan fingerprint density at radius 1 is 1.35 bits per heavy atom. The van der Waals surface area contributed by atoms with Crippen molar-refractivity contribution >= 4 is 11.6 Å². The summed E-state index contributed by atoms with van der Waals surface area (Å²) in [6.07, 6.45) is 1.20. The average molecular weight is 230 g/mol. The van der Waals surface area contributed by atoms with Crippen LogP contribution in [0.4, 0.5) is 5.69 Å². The van der Waals surface area contributed by atoms with Crippen molar-refractivity contribution in [2.24, 2.45) is 0 Å². The number of carbonyl (C=O) groups is 1. The van der Waals surface area contributed by atoms with Gasteiger partial charge >= 0.3 is 0 Å². The maximum absolute atomic E-state index is 11.9. The van der Waals surface area contributed by atoms with E-state index in [1.807, 2.05) is 13.8 Å². The Hall–Kier alpha value is -1.35. The summed E-state index contributed by atoms with van der Waals surface area (Å²) in [4.78, 5) is 11.9. The number of benzene rings is 1. The quantitative estimate of drug-likeness (QED) is 0.774. The molecule has 1 fully saturated rings. The van der Waals surface area contributed by atoms with E-state index >= 15 is 0 Å². The number of anilines is 1. The molecule has 0 spiro atoms. The number of fused-ring (bicyclic) bond motifs is 1. The second kappa shape index (κ2) is 3.57. The molecule has 2 aliphatic rings. The third kappa shape index (κ3) is 1.57. The van der Waals surface area contributed by atoms with Gasteiger partial charge in [0.25, 0.3) is 0 Å². The zero-order valence-electron chi connectivity index (χ0n) is 10.3. The number of amides is 1. The summed E-state index contributed by atoms with van der Waals surface area (Å²) in [6.45, 7) is 6.14. The first-order valence-corrected chi connectivity index (χ1v) is 6.25. The van der Waals surface area contributed by atoms with Crippen LogP contribution < -0.4 is 10.6 Å². The Bertz CT molecular complexity index is 473. The zero-order valence-corrected chi connectivity index (χ0v) is 10.3. The lowest BCUT2D eigenvalue weighted by atomic mass is 9.84. The molecular weight excluding hydrogens is 212 g/mol. The van der Waals surface area contributed by atoms with Crippen molar-refractivity contribution in [3.8, 4) is 0 Å². The van der Waals surface area contributed by atoms with E-state index in [0.29, 0.717) is 5.92 Å². The molecule has 3 nitrogen and oxygen atoms in total. The summed E-state index contributed by atoms with van der Waals surface area (Å²) < 4.78 is 0. The first-order valence-electron chi connectivity index (χ1n) is 6.25. The van der Waals surface area contributed by atoms with Crippen molar-refractivity contribution in [2.75, 3.05) is 18.4 Å². The molecule has 2 heterocycles. The molecular formula is C14H18N2O. The van der Waals surface area contributed by atoms with Crippen LogP contribution in [0, 0.1) is 0 Å². The predicted molar refractivity (Wildman–Crippen MR) is 68.3 cm³/mol. The topological polar surface area (TPSA) is 41.1 Å². The molecule has 17 heavy (non-hydrogen) atoms. The van der Waals surface area contributed by atoms with E-state index in [9.17, 15) is 4.79 Å². The molecule has 1 aromatic carbocycles. The molecule has 0 saturated carbocycles. The Morgan fingerprint density at radius 3 is 2.88 bits per heavy atom. The van der Waals surface area contributed by atoms with Crippen LogP contribution in [0.2, 0.25) is 0 Å². The van der Waals surface area contributed by atoms with Gasteiger partial charge in [-0.1, -0.05) is 12.1 Å². The fraction of sp³-hybridized carbons (Fsp3) is 0.500. The van der Waals surface area contributed by atoms with Crippen molar-refractivity contribution in [1.29, 1.82) is 0 Å². The SMILES string of the molecule is CC1(C)C(=O)Nc2ccc(C3CCNC3)cc21. The fourth-order valence-electron chi connectivity index (χ4n) is 2.78. The van der Waals surface area contributed by atoms with E-state index in [0.717, 1.165) is 24.3 Å². The largest absolute Gasteiger partial charge is 0.325 e. The molecule has 3 rings (SSSR count). The van der Waals surface area contributed by atoms with E-state index in [1.165, 1.54) is 12.0 Å². The van der Waals surface area contributed by atoms with Crippen LogP contribution in [0.25, 0.3) is 0 Å². The molecule has 0 aliphatic carbocycles. The molecule has 90 valence electrons.